The third-order valence-corrected chi connectivity index (χ3v) is 3.97. The number of alkyl halides is 2. The zero-order chi connectivity index (χ0) is 19.6. The summed E-state index contributed by atoms with van der Waals surface area (Å²) in [5.41, 5.74) is 0.478. The van der Waals surface area contributed by atoms with Gasteiger partial charge in [-0.3, -0.25) is 14.8 Å². The number of nitrogens with zero attached hydrogens (tertiary/aromatic N) is 5. The SMILES string of the molecule is Cc1cc(C(F)F)nn1C(C)C(=O)Nc1ncn(Cc2ccccc2F)n1. The van der Waals surface area contributed by atoms with Crippen molar-refractivity contribution in [2.45, 2.75) is 32.9 Å². The van der Waals surface area contributed by atoms with Crippen molar-refractivity contribution in [3.05, 3.63) is 59.4 Å². The summed E-state index contributed by atoms with van der Waals surface area (Å²) in [7, 11) is 0. The molecule has 3 aromatic rings. The predicted molar refractivity (Wildman–Crippen MR) is 90.8 cm³/mol. The second-order valence-corrected chi connectivity index (χ2v) is 5.98. The third-order valence-electron chi connectivity index (χ3n) is 3.97. The topological polar surface area (TPSA) is 77.6 Å². The standard InChI is InChI=1S/C17H17F3N6O/c1-10-7-14(15(19)20)23-26(10)11(2)16(27)22-17-21-9-25(24-17)8-12-5-3-4-6-13(12)18/h3-7,9,11,15H,8H2,1-2H3,(H,22,24,27). The van der Waals surface area contributed by atoms with Gasteiger partial charge in [0, 0.05) is 11.3 Å². The van der Waals surface area contributed by atoms with Gasteiger partial charge in [-0.15, -0.1) is 5.10 Å². The van der Waals surface area contributed by atoms with Crippen LogP contribution in [0.3, 0.4) is 0 Å². The maximum Gasteiger partial charge on any atom is 0.282 e. The van der Waals surface area contributed by atoms with E-state index in [2.05, 4.69) is 20.5 Å². The monoisotopic (exact) mass is 378 g/mol. The Morgan fingerprint density at radius 1 is 1.26 bits per heavy atom. The lowest BCUT2D eigenvalue weighted by Crippen LogP contribution is -2.26. The molecular formula is C17H17F3N6O. The Hall–Kier alpha value is -3.17. The minimum absolute atomic E-state index is 0.0297. The minimum atomic E-state index is -2.71. The second kappa shape index (κ2) is 7.60. The number of amides is 1. The highest BCUT2D eigenvalue weighted by Gasteiger charge is 2.22. The molecule has 1 N–H and O–H groups in total. The van der Waals surface area contributed by atoms with Crippen molar-refractivity contribution in [2.24, 2.45) is 0 Å². The Kier molecular flexibility index (Phi) is 5.24. The Morgan fingerprint density at radius 3 is 2.67 bits per heavy atom. The number of aryl methyl sites for hydroxylation is 1. The summed E-state index contributed by atoms with van der Waals surface area (Å²) in [5, 5.41) is 10.3. The molecule has 3 rings (SSSR count). The Bertz CT molecular complexity index is 952. The Labute approximate surface area is 152 Å². The molecule has 7 nitrogen and oxygen atoms in total. The van der Waals surface area contributed by atoms with Crippen LogP contribution in [-0.4, -0.2) is 30.5 Å². The van der Waals surface area contributed by atoms with Gasteiger partial charge in [0.25, 0.3) is 12.3 Å². The van der Waals surface area contributed by atoms with Crippen molar-refractivity contribution < 1.29 is 18.0 Å². The number of benzene rings is 1. The normalized spacial score (nSPS) is 12.4. The Balaban J connectivity index is 1.68. The molecule has 0 aliphatic carbocycles. The van der Waals surface area contributed by atoms with Crippen molar-refractivity contribution in [1.29, 1.82) is 0 Å². The number of aromatic nitrogens is 5. The summed E-state index contributed by atoms with van der Waals surface area (Å²) in [6, 6.07) is 6.66. The molecule has 10 heteroatoms. The molecule has 1 amide bonds. The van der Waals surface area contributed by atoms with Gasteiger partial charge in [0.1, 0.15) is 23.9 Å². The number of halogens is 3. The molecule has 1 unspecified atom stereocenters. The van der Waals surface area contributed by atoms with E-state index in [1.807, 2.05) is 0 Å². The van der Waals surface area contributed by atoms with Crippen LogP contribution in [0.15, 0.2) is 36.7 Å². The fourth-order valence-corrected chi connectivity index (χ4v) is 2.57. The van der Waals surface area contributed by atoms with E-state index in [1.54, 1.807) is 25.1 Å². The van der Waals surface area contributed by atoms with Crippen LogP contribution in [-0.2, 0) is 11.3 Å². The van der Waals surface area contributed by atoms with Crippen molar-refractivity contribution in [1.82, 2.24) is 24.5 Å². The van der Waals surface area contributed by atoms with E-state index in [4.69, 9.17) is 0 Å². The molecule has 2 heterocycles. The smallest absolute Gasteiger partial charge is 0.282 e. The van der Waals surface area contributed by atoms with Gasteiger partial charge in [-0.1, -0.05) is 18.2 Å². The molecule has 0 radical (unpaired) electrons. The summed E-state index contributed by atoms with van der Waals surface area (Å²) in [4.78, 5) is 16.3. The largest absolute Gasteiger partial charge is 0.291 e. The molecule has 1 atom stereocenters. The van der Waals surface area contributed by atoms with Crippen LogP contribution < -0.4 is 5.32 Å². The van der Waals surface area contributed by atoms with Crippen LogP contribution in [0.5, 0.6) is 0 Å². The first-order valence-electron chi connectivity index (χ1n) is 8.13. The van der Waals surface area contributed by atoms with E-state index in [9.17, 15) is 18.0 Å². The van der Waals surface area contributed by atoms with Crippen LogP contribution in [0.4, 0.5) is 19.1 Å². The average Bonchev–Trinajstić information content (AvgIpc) is 3.23. The molecule has 0 aliphatic rings. The van der Waals surface area contributed by atoms with Crippen molar-refractivity contribution in [3.8, 4) is 0 Å². The lowest BCUT2D eigenvalue weighted by molar-refractivity contribution is -0.119. The molecule has 0 saturated heterocycles. The number of nitrogens with one attached hydrogen (secondary N) is 1. The first-order chi connectivity index (χ1) is 12.8. The van der Waals surface area contributed by atoms with Gasteiger partial charge in [-0.25, -0.2) is 22.8 Å². The fourth-order valence-electron chi connectivity index (χ4n) is 2.57. The number of rotatable bonds is 6. The molecular weight excluding hydrogens is 361 g/mol. The summed E-state index contributed by atoms with van der Waals surface area (Å²) in [5.74, 6) is -0.844. The van der Waals surface area contributed by atoms with Gasteiger partial charge in [0.05, 0.1) is 6.54 Å². The van der Waals surface area contributed by atoms with Crippen LogP contribution in [0, 0.1) is 12.7 Å². The Morgan fingerprint density at radius 2 is 2.00 bits per heavy atom. The fraction of sp³-hybridized carbons (Fsp3) is 0.294. The maximum absolute atomic E-state index is 13.7. The van der Waals surface area contributed by atoms with Gasteiger partial charge in [-0.05, 0) is 26.0 Å². The molecule has 1 aromatic carbocycles. The molecule has 0 saturated carbocycles. The van der Waals surface area contributed by atoms with E-state index in [-0.39, 0.29) is 24.0 Å². The summed E-state index contributed by atoms with van der Waals surface area (Å²) in [6.07, 6.45) is -1.35. The first-order valence-corrected chi connectivity index (χ1v) is 8.13. The predicted octanol–water partition coefficient (Wildman–Crippen LogP) is 3.11. The van der Waals surface area contributed by atoms with E-state index < -0.39 is 18.4 Å². The molecule has 27 heavy (non-hydrogen) atoms. The van der Waals surface area contributed by atoms with E-state index in [0.29, 0.717) is 11.3 Å². The molecule has 0 spiro atoms. The van der Waals surface area contributed by atoms with Gasteiger partial charge >= 0.3 is 0 Å². The van der Waals surface area contributed by atoms with Crippen molar-refractivity contribution >= 4 is 11.9 Å². The lowest BCUT2D eigenvalue weighted by atomic mass is 10.2. The van der Waals surface area contributed by atoms with Gasteiger partial charge in [0.15, 0.2) is 0 Å². The number of hydrogen-bond acceptors (Lipinski definition) is 4. The number of hydrogen-bond donors (Lipinski definition) is 1. The minimum Gasteiger partial charge on any atom is -0.291 e. The summed E-state index contributed by atoms with van der Waals surface area (Å²) < 4.78 is 41.8. The van der Waals surface area contributed by atoms with Crippen molar-refractivity contribution in [2.75, 3.05) is 5.32 Å². The highest BCUT2D eigenvalue weighted by atomic mass is 19.3. The van der Waals surface area contributed by atoms with Crippen LogP contribution in [0.1, 0.15) is 36.3 Å². The van der Waals surface area contributed by atoms with E-state index in [0.717, 1.165) is 0 Å². The second-order valence-electron chi connectivity index (χ2n) is 5.98. The van der Waals surface area contributed by atoms with E-state index >= 15 is 0 Å². The van der Waals surface area contributed by atoms with Crippen LogP contribution in [0.25, 0.3) is 0 Å². The van der Waals surface area contributed by atoms with Crippen LogP contribution in [0.2, 0.25) is 0 Å². The van der Waals surface area contributed by atoms with E-state index in [1.165, 1.54) is 34.7 Å². The first kappa shape index (κ1) is 18.6. The number of carbonyl (C=O) groups is 1. The van der Waals surface area contributed by atoms with Crippen LogP contribution >= 0.6 is 0 Å². The summed E-state index contributed by atoms with van der Waals surface area (Å²) in [6.45, 7) is 3.27. The maximum atomic E-state index is 13.7. The molecule has 0 bridgehead atoms. The van der Waals surface area contributed by atoms with Crippen molar-refractivity contribution in [3.63, 3.8) is 0 Å². The average molecular weight is 378 g/mol. The molecule has 0 aliphatic heterocycles. The zero-order valence-corrected chi connectivity index (χ0v) is 14.6. The lowest BCUT2D eigenvalue weighted by Gasteiger charge is -2.12. The number of carbonyl (C=O) groups excluding carboxylic acids is 1. The van der Waals surface area contributed by atoms with Gasteiger partial charge < -0.3 is 0 Å². The van der Waals surface area contributed by atoms with Gasteiger partial charge in [-0.2, -0.15) is 5.10 Å². The van der Waals surface area contributed by atoms with Gasteiger partial charge in [0.2, 0.25) is 5.95 Å². The molecule has 0 fully saturated rings. The summed E-state index contributed by atoms with van der Waals surface area (Å²) >= 11 is 0. The highest BCUT2D eigenvalue weighted by Crippen LogP contribution is 2.20. The third kappa shape index (κ3) is 4.15. The molecule has 142 valence electrons. The zero-order valence-electron chi connectivity index (χ0n) is 14.6. The quantitative estimate of drug-likeness (QED) is 0.715. The molecule has 2 aromatic heterocycles. The highest BCUT2D eigenvalue weighted by molar-refractivity contribution is 5.91. The number of anilines is 1.